The van der Waals surface area contributed by atoms with Gasteiger partial charge in [-0.1, -0.05) is 47.1 Å². The zero-order valence-electron chi connectivity index (χ0n) is 29.0. The van der Waals surface area contributed by atoms with Gasteiger partial charge in [-0.15, -0.1) is 0 Å². The molecule has 2 N–H and O–H groups in total. The lowest BCUT2D eigenvalue weighted by atomic mass is 10.0. The van der Waals surface area contributed by atoms with Gasteiger partial charge in [0.2, 0.25) is 0 Å². The second kappa shape index (κ2) is 21.0. The van der Waals surface area contributed by atoms with Crippen LogP contribution in [0.2, 0.25) is 0 Å². The van der Waals surface area contributed by atoms with E-state index in [9.17, 15) is 19.8 Å². The summed E-state index contributed by atoms with van der Waals surface area (Å²) in [5, 5.41) is 19.5. The molecule has 0 aliphatic rings. The molecule has 0 fully saturated rings. The summed E-state index contributed by atoms with van der Waals surface area (Å²) in [5.74, 6) is 0.767. The zero-order valence-corrected chi connectivity index (χ0v) is 29.0. The summed E-state index contributed by atoms with van der Waals surface area (Å²) in [7, 11) is 3.73. The normalized spacial score (nSPS) is 10.4. The number of Topliss-reactive ketones (excluding diaryl/α,β-unsaturated/α-hetero) is 1. The number of hydrogen-bond donors (Lipinski definition) is 2. The van der Waals surface area contributed by atoms with Gasteiger partial charge in [-0.25, -0.2) is 0 Å². The molecule has 2 aromatic carbocycles. The first-order valence-electron chi connectivity index (χ1n) is 16.2. The van der Waals surface area contributed by atoms with E-state index in [-0.39, 0.29) is 29.2 Å². The molecule has 0 radical (unpaired) electrons. The quantitative estimate of drug-likeness (QED) is 0.138. The van der Waals surface area contributed by atoms with Gasteiger partial charge in [-0.3, -0.25) is 9.59 Å². The van der Waals surface area contributed by atoms with E-state index < -0.39 is 11.7 Å². The van der Waals surface area contributed by atoms with Crippen LogP contribution in [0.15, 0.2) is 46.9 Å². The number of ether oxygens (including phenoxy) is 1. The molecule has 8 heteroatoms. The number of carbonyl (C=O) groups excluding carboxylic acids is 2. The third-order valence-electron chi connectivity index (χ3n) is 7.18. The average molecular weight is 625 g/mol. The number of ketones is 1. The number of phenols is 2. The van der Waals surface area contributed by atoms with E-state index in [1.165, 1.54) is 61.4 Å². The fraction of sp³-hybridized carbons (Fsp3) is 0.514. The molecule has 3 rings (SSSR count). The van der Waals surface area contributed by atoms with Gasteiger partial charge in [0.1, 0.15) is 28.8 Å². The maximum atomic E-state index is 12.4. The lowest BCUT2D eigenvalue weighted by Gasteiger charge is -2.17. The Morgan fingerprint density at radius 2 is 1.42 bits per heavy atom. The number of carbonyl (C=O) groups is 2. The minimum absolute atomic E-state index is 0.0107. The number of furan rings is 1. The van der Waals surface area contributed by atoms with Crippen molar-refractivity contribution in [1.82, 2.24) is 9.80 Å². The van der Waals surface area contributed by atoms with Crippen LogP contribution in [-0.4, -0.2) is 65.5 Å². The Bertz CT molecular complexity index is 1310. The molecule has 0 aliphatic heterocycles. The third-order valence-corrected chi connectivity index (χ3v) is 7.18. The van der Waals surface area contributed by atoms with Crippen LogP contribution in [0.4, 0.5) is 0 Å². The molecule has 45 heavy (non-hydrogen) atoms. The van der Waals surface area contributed by atoms with Crippen molar-refractivity contribution in [2.24, 2.45) is 0 Å². The molecule has 0 saturated heterocycles. The van der Waals surface area contributed by atoms with Crippen molar-refractivity contribution >= 4 is 11.7 Å². The molecule has 1 aromatic heterocycles. The Morgan fingerprint density at radius 1 is 0.800 bits per heavy atom. The van der Waals surface area contributed by atoms with Crippen molar-refractivity contribution < 1.29 is 29.0 Å². The van der Waals surface area contributed by atoms with E-state index >= 15 is 0 Å². The summed E-state index contributed by atoms with van der Waals surface area (Å²) >= 11 is 0. The summed E-state index contributed by atoms with van der Waals surface area (Å²) < 4.78 is 11.1. The van der Waals surface area contributed by atoms with Gasteiger partial charge in [-0.05, 0) is 108 Å². The third kappa shape index (κ3) is 13.8. The summed E-state index contributed by atoms with van der Waals surface area (Å²) in [4.78, 5) is 27.5. The summed E-state index contributed by atoms with van der Waals surface area (Å²) in [6, 6.07) is 12.2. The average Bonchev–Trinajstić information content (AvgIpc) is 3.41. The number of aromatic hydroxyl groups is 2. The molecule has 1 heterocycles. The van der Waals surface area contributed by atoms with Gasteiger partial charge < -0.3 is 29.2 Å². The number of nitrogens with zero attached hydrogens (tertiary/aromatic N) is 2. The first kappa shape index (κ1) is 39.2. The standard InChI is InChI=1S/C16H17NO5.C14H22O.C7H17N/c1-9-4-5-11(22-9)8-17(3)16(21)13-6-12(10(2)18)14(19)7-15(13)20;1-4-7-10-15-14-9-8-12(5-2)13(6-3)11-14;1-4-6-8(3)7-5-2/h4-7,19-20H,8H2,1-3H3;8-9,11H,4-7,10H2,1-3H3;4-7H2,1-3H3. The highest BCUT2D eigenvalue weighted by Gasteiger charge is 2.21. The van der Waals surface area contributed by atoms with Crippen LogP contribution in [0.3, 0.4) is 0 Å². The van der Waals surface area contributed by atoms with Gasteiger partial charge >= 0.3 is 0 Å². The van der Waals surface area contributed by atoms with Crippen molar-refractivity contribution in [1.29, 1.82) is 0 Å². The summed E-state index contributed by atoms with van der Waals surface area (Å²) in [5.41, 5.74) is 2.81. The molecule has 0 unspecified atom stereocenters. The Morgan fingerprint density at radius 3 is 1.93 bits per heavy atom. The monoisotopic (exact) mass is 624 g/mol. The Kier molecular flexibility index (Phi) is 18.4. The molecule has 0 spiro atoms. The van der Waals surface area contributed by atoms with Crippen molar-refractivity contribution in [2.75, 3.05) is 33.8 Å². The fourth-order valence-corrected chi connectivity index (χ4v) is 4.69. The van der Waals surface area contributed by atoms with Crippen molar-refractivity contribution in [2.45, 2.75) is 93.5 Å². The molecular formula is C37H56N2O6. The minimum Gasteiger partial charge on any atom is -0.507 e. The largest absolute Gasteiger partial charge is 0.507 e. The topological polar surface area (TPSA) is 103 Å². The number of phenolic OH excluding ortho intramolecular Hbond substituents is 2. The van der Waals surface area contributed by atoms with E-state index in [1.54, 1.807) is 26.1 Å². The number of unbranched alkanes of at least 4 members (excludes halogenated alkanes) is 1. The molecule has 0 aliphatic carbocycles. The number of aryl methyl sites for hydroxylation is 3. The van der Waals surface area contributed by atoms with Crippen LogP contribution < -0.4 is 4.74 Å². The highest BCUT2D eigenvalue weighted by Crippen LogP contribution is 2.29. The zero-order chi connectivity index (χ0) is 33.9. The molecule has 1 amide bonds. The van der Waals surface area contributed by atoms with E-state index in [0.717, 1.165) is 43.4 Å². The maximum absolute atomic E-state index is 12.4. The minimum atomic E-state index is -0.478. The molecular weight excluding hydrogens is 568 g/mol. The number of rotatable bonds is 14. The fourth-order valence-electron chi connectivity index (χ4n) is 4.69. The van der Waals surface area contributed by atoms with Crippen molar-refractivity contribution in [3.63, 3.8) is 0 Å². The van der Waals surface area contributed by atoms with E-state index in [2.05, 4.69) is 64.8 Å². The molecule has 0 saturated carbocycles. The number of hydrogen-bond acceptors (Lipinski definition) is 7. The summed E-state index contributed by atoms with van der Waals surface area (Å²) in [6.45, 7) is 17.6. The van der Waals surface area contributed by atoms with Crippen LogP contribution in [0, 0.1) is 6.92 Å². The van der Waals surface area contributed by atoms with Crippen LogP contribution in [-0.2, 0) is 19.4 Å². The molecule has 3 aromatic rings. The highest BCUT2D eigenvalue weighted by molar-refractivity contribution is 6.03. The van der Waals surface area contributed by atoms with Crippen molar-refractivity contribution in [3.8, 4) is 17.2 Å². The van der Waals surface area contributed by atoms with Crippen molar-refractivity contribution in [3.05, 3.63) is 76.2 Å². The predicted octanol–water partition coefficient (Wildman–Crippen LogP) is 8.20. The molecule has 0 atom stereocenters. The number of benzene rings is 2. The van der Waals surface area contributed by atoms with E-state index in [1.807, 2.05) is 0 Å². The van der Waals surface area contributed by atoms with Crippen LogP contribution >= 0.6 is 0 Å². The van der Waals surface area contributed by atoms with Crippen LogP contribution in [0.1, 0.15) is 111 Å². The second-order valence-corrected chi connectivity index (χ2v) is 11.3. The maximum Gasteiger partial charge on any atom is 0.257 e. The first-order chi connectivity index (χ1) is 21.4. The van der Waals surface area contributed by atoms with Crippen LogP contribution in [0.25, 0.3) is 0 Å². The van der Waals surface area contributed by atoms with Gasteiger partial charge in [-0.2, -0.15) is 0 Å². The Labute approximate surface area is 271 Å². The summed E-state index contributed by atoms with van der Waals surface area (Å²) in [6.07, 6.45) is 7.07. The van der Waals surface area contributed by atoms with Gasteiger partial charge in [0.15, 0.2) is 5.78 Å². The van der Waals surface area contributed by atoms with Crippen LogP contribution in [0.5, 0.6) is 17.2 Å². The Hall–Kier alpha value is -3.78. The van der Waals surface area contributed by atoms with E-state index in [4.69, 9.17) is 9.15 Å². The number of amides is 1. The molecule has 0 bridgehead atoms. The first-order valence-corrected chi connectivity index (χ1v) is 16.2. The molecule has 8 nitrogen and oxygen atoms in total. The second-order valence-electron chi connectivity index (χ2n) is 11.3. The van der Waals surface area contributed by atoms with E-state index in [0.29, 0.717) is 5.76 Å². The predicted molar refractivity (Wildman–Crippen MR) is 183 cm³/mol. The molecule has 250 valence electrons. The van der Waals surface area contributed by atoms with Gasteiger partial charge in [0.05, 0.1) is 24.3 Å². The smallest absolute Gasteiger partial charge is 0.257 e. The SMILES string of the molecule is CC(=O)c1cc(C(=O)N(C)Cc2ccc(C)o2)c(O)cc1O.CCCCOc1ccc(CC)c(CC)c1.CCCN(C)CCC. The van der Waals surface area contributed by atoms with Gasteiger partial charge in [0, 0.05) is 13.1 Å². The van der Waals surface area contributed by atoms with Gasteiger partial charge in [0.25, 0.3) is 5.91 Å². The lowest BCUT2D eigenvalue weighted by molar-refractivity contribution is 0.0772. The Balaban J connectivity index is 0.000000380. The highest BCUT2D eigenvalue weighted by atomic mass is 16.5. The lowest BCUT2D eigenvalue weighted by Crippen LogP contribution is -2.26.